The highest BCUT2D eigenvalue weighted by Crippen LogP contribution is 2.26. The average molecular weight is 453 g/mol. The molecule has 166 valence electrons. The van der Waals surface area contributed by atoms with E-state index in [4.69, 9.17) is 0 Å². The molecule has 0 radical (unpaired) electrons. The van der Waals surface area contributed by atoms with Gasteiger partial charge in [0.1, 0.15) is 6.54 Å². The molecule has 0 aromatic heterocycles. The Labute approximate surface area is 187 Å². The number of hydrogen-bond donors (Lipinski definition) is 2. The van der Waals surface area contributed by atoms with Crippen LogP contribution in [0.2, 0.25) is 0 Å². The number of nitrogens with one attached hydrogen (secondary N) is 1. The van der Waals surface area contributed by atoms with Crippen LogP contribution in [0.1, 0.15) is 27.0 Å². The van der Waals surface area contributed by atoms with Gasteiger partial charge in [-0.1, -0.05) is 35.9 Å². The van der Waals surface area contributed by atoms with Gasteiger partial charge in [0.15, 0.2) is 0 Å². The maximum Gasteiger partial charge on any atom is 0.337 e. The SMILES string of the molecule is Cc1ccc(S(=O)(=O)N(CC(=O)Nc2ccccc2C(=O)O)c2ccc(C)c(C)c2)cc1. The summed E-state index contributed by atoms with van der Waals surface area (Å²) in [6, 6.07) is 17.5. The molecule has 7 nitrogen and oxygen atoms in total. The number of carboxylic acids is 1. The Balaban J connectivity index is 1.99. The number of amides is 1. The molecule has 0 saturated carbocycles. The van der Waals surface area contributed by atoms with Gasteiger partial charge >= 0.3 is 5.97 Å². The van der Waals surface area contributed by atoms with E-state index < -0.39 is 28.4 Å². The molecule has 0 atom stereocenters. The molecule has 0 spiro atoms. The minimum Gasteiger partial charge on any atom is -0.478 e. The molecule has 32 heavy (non-hydrogen) atoms. The number of sulfonamides is 1. The first-order chi connectivity index (χ1) is 15.1. The molecule has 2 N–H and O–H groups in total. The molecule has 0 heterocycles. The highest BCUT2D eigenvalue weighted by molar-refractivity contribution is 7.92. The molecule has 0 fully saturated rings. The molecule has 3 rings (SSSR count). The van der Waals surface area contributed by atoms with Crippen molar-refractivity contribution < 1.29 is 23.1 Å². The van der Waals surface area contributed by atoms with Crippen LogP contribution in [0, 0.1) is 20.8 Å². The molecule has 3 aromatic carbocycles. The van der Waals surface area contributed by atoms with Crippen molar-refractivity contribution in [3.05, 3.63) is 89.0 Å². The van der Waals surface area contributed by atoms with Crippen LogP contribution in [0.25, 0.3) is 0 Å². The van der Waals surface area contributed by atoms with E-state index in [2.05, 4.69) is 5.32 Å². The Hall–Kier alpha value is -3.65. The van der Waals surface area contributed by atoms with Gasteiger partial charge < -0.3 is 10.4 Å². The average Bonchev–Trinajstić information content (AvgIpc) is 2.74. The number of anilines is 2. The molecule has 0 bridgehead atoms. The fraction of sp³-hybridized carbons (Fsp3) is 0.167. The molecule has 0 saturated heterocycles. The van der Waals surface area contributed by atoms with Crippen LogP contribution < -0.4 is 9.62 Å². The molecule has 0 unspecified atom stereocenters. The number of aryl methyl sites for hydroxylation is 3. The highest BCUT2D eigenvalue weighted by Gasteiger charge is 2.28. The summed E-state index contributed by atoms with van der Waals surface area (Å²) in [5.74, 6) is -1.85. The van der Waals surface area contributed by atoms with E-state index in [1.54, 1.807) is 42.5 Å². The Kier molecular flexibility index (Phi) is 6.64. The summed E-state index contributed by atoms with van der Waals surface area (Å²) in [4.78, 5) is 24.3. The topological polar surface area (TPSA) is 104 Å². The Morgan fingerprint density at radius 1 is 0.906 bits per heavy atom. The second-order valence-corrected chi connectivity index (χ2v) is 9.35. The largest absolute Gasteiger partial charge is 0.478 e. The van der Waals surface area contributed by atoms with Crippen molar-refractivity contribution in [2.45, 2.75) is 25.7 Å². The predicted octanol–water partition coefficient (Wildman–Crippen LogP) is 4.14. The lowest BCUT2D eigenvalue weighted by Gasteiger charge is -2.25. The van der Waals surface area contributed by atoms with E-state index in [-0.39, 0.29) is 16.1 Å². The molecule has 0 aliphatic carbocycles. The minimum atomic E-state index is -4.06. The summed E-state index contributed by atoms with van der Waals surface area (Å²) < 4.78 is 27.9. The third kappa shape index (κ3) is 4.97. The van der Waals surface area contributed by atoms with Crippen LogP contribution in [0.3, 0.4) is 0 Å². The summed E-state index contributed by atoms with van der Waals surface area (Å²) in [7, 11) is -4.06. The van der Waals surface area contributed by atoms with Gasteiger partial charge in [-0.2, -0.15) is 0 Å². The van der Waals surface area contributed by atoms with E-state index >= 15 is 0 Å². The van der Waals surface area contributed by atoms with Crippen molar-refractivity contribution in [1.29, 1.82) is 0 Å². The Morgan fingerprint density at radius 3 is 2.19 bits per heavy atom. The van der Waals surface area contributed by atoms with Crippen molar-refractivity contribution in [2.75, 3.05) is 16.2 Å². The Bertz CT molecular complexity index is 1270. The lowest BCUT2D eigenvalue weighted by molar-refractivity contribution is -0.114. The summed E-state index contributed by atoms with van der Waals surface area (Å²) in [6.45, 7) is 5.10. The van der Waals surface area contributed by atoms with E-state index in [1.165, 1.54) is 24.3 Å². The predicted molar refractivity (Wildman–Crippen MR) is 124 cm³/mol. The quantitative estimate of drug-likeness (QED) is 0.561. The summed E-state index contributed by atoms with van der Waals surface area (Å²) in [5, 5.41) is 11.9. The monoisotopic (exact) mass is 452 g/mol. The van der Waals surface area contributed by atoms with Crippen LogP contribution in [0.4, 0.5) is 11.4 Å². The van der Waals surface area contributed by atoms with E-state index in [0.29, 0.717) is 5.69 Å². The molecule has 0 aliphatic rings. The standard InChI is InChI=1S/C24H24N2O5S/c1-16-8-12-20(13-9-16)32(30,31)26(19-11-10-17(2)18(3)14-19)15-23(27)25-22-7-5-4-6-21(22)24(28)29/h4-14H,15H2,1-3H3,(H,25,27)(H,28,29). The number of rotatable bonds is 7. The van der Waals surface area contributed by atoms with E-state index in [1.807, 2.05) is 20.8 Å². The van der Waals surface area contributed by atoms with Crippen molar-refractivity contribution >= 4 is 33.3 Å². The van der Waals surface area contributed by atoms with Gasteiger partial charge in [-0.25, -0.2) is 13.2 Å². The number of hydrogen-bond acceptors (Lipinski definition) is 4. The zero-order valence-electron chi connectivity index (χ0n) is 18.0. The zero-order chi connectivity index (χ0) is 23.5. The maximum atomic E-state index is 13.5. The summed E-state index contributed by atoms with van der Waals surface area (Å²) >= 11 is 0. The lowest BCUT2D eigenvalue weighted by Crippen LogP contribution is -2.38. The maximum absolute atomic E-state index is 13.5. The van der Waals surface area contributed by atoms with Crippen LogP contribution >= 0.6 is 0 Å². The number of benzene rings is 3. The van der Waals surface area contributed by atoms with E-state index in [9.17, 15) is 23.1 Å². The molecule has 1 amide bonds. The fourth-order valence-corrected chi connectivity index (χ4v) is 4.54. The van der Waals surface area contributed by atoms with Gasteiger partial charge in [0, 0.05) is 0 Å². The first-order valence-corrected chi connectivity index (χ1v) is 11.3. The smallest absolute Gasteiger partial charge is 0.337 e. The van der Waals surface area contributed by atoms with Gasteiger partial charge in [0.2, 0.25) is 5.91 Å². The van der Waals surface area contributed by atoms with Gasteiger partial charge in [0.05, 0.1) is 21.8 Å². The molecular weight excluding hydrogens is 428 g/mol. The van der Waals surface area contributed by atoms with Gasteiger partial charge in [-0.3, -0.25) is 9.10 Å². The summed E-state index contributed by atoms with van der Waals surface area (Å²) in [6.07, 6.45) is 0. The highest BCUT2D eigenvalue weighted by atomic mass is 32.2. The fourth-order valence-electron chi connectivity index (χ4n) is 3.13. The number of carbonyl (C=O) groups excluding carboxylic acids is 1. The van der Waals surface area contributed by atoms with Crippen molar-refractivity contribution in [3.63, 3.8) is 0 Å². The van der Waals surface area contributed by atoms with Crippen molar-refractivity contribution in [3.8, 4) is 0 Å². The van der Waals surface area contributed by atoms with Gasteiger partial charge in [0.25, 0.3) is 10.0 Å². The van der Waals surface area contributed by atoms with Gasteiger partial charge in [-0.05, 0) is 68.3 Å². The van der Waals surface area contributed by atoms with Gasteiger partial charge in [-0.15, -0.1) is 0 Å². The number of para-hydroxylation sites is 1. The third-order valence-corrected chi connectivity index (χ3v) is 6.89. The number of carbonyl (C=O) groups is 2. The Morgan fingerprint density at radius 2 is 1.56 bits per heavy atom. The molecule has 8 heteroatoms. The summed E-state index contributed by atoms with van der Waals surface area (Å²) in [5.41, 5.74) is 3.13. The second kappa shape index (κ2) is 9.23. The first kappa shape index (κ1) is 23.0. The number of carboxylic acid groups (broad SMARTS) is 1. The number of nitrogens with zero attached hydrogens (tertiary/aromatic N) is 1. The second-order valence-electron chi connectivity index (χ2n) is 7.49. The van der Waals surface area contributed by atoms with Crippen LogP contribution in [-0.4, -0.2) is 31.9 Å². The van der Waals surface area contributed by atoms with E-state index in [0.717, 1.165) is 21.0 Å². The van der Waals surface area contributed by atoms with Crippen LogP contribution in [0.5, 0.6) is 0 Å². The molecule has 0 aliphatic heterocycles. The lowest BCUT2D eigenvalue weighted by atomic mass is 10.1. The molecular formula is C24H24N2O5S. The van der Waals surface area contributed by atoms with Crippen LogP contribution in [0.15, 0.2) is 71.6 Å². The zero-order valence-corrected chi connectivity index (χ0v) is 18.8. The van der Waals surface area contributed by atoms with Crippen molar-refractivity contribution in [1.82, 2.24) is 0 Å². The normalized spacial score (nSPS) is 11.1. The molecule has 3 aromatic rings. The van der Waals surface area contributed by atoms with Crippen molar-refractivity contribution in [2.24, 2.45) is 0 Å². The number of aromatic carboxylic acids is 1. The first-order valence-electron chi connectivity index (χ1n) is 9.88. The third-order valence-electron chi connectivity index (χ3n) is 5.11. The van der Waals surface area contributed by atoms with Crippen LogP contribution in [-0.2, 0) is 14.8 Å². The minimum absolute atomic E-state index is 0.0556.